The van der Waals surface area contributed by atoms with E-state index in [0.717, 1.165) is 17.4 Å². The molecule has 0 fully saturated rings. The first kappa shape index (κ1) is 15.1. The van der Waals surface area contributed by atoms with Crippen molar-refractivity contribution in [2.45, 2.75) is 5.16 Å². The maximum atomic E-state index is 10.8. The van der Waals surface area contributed by atoms with E-state index < -0.39 is 5.97 Å². The number of aromatic hydroxyl groups is 1. The smallest absolute Gasteiger partial charge is 0.313 e. The lowest BCUT2D eigenvalue weighted by Gasteiger charge is -2.10. The molecule has 23 heavy (non-hydrogen) atoms. The van der Waals surface area contributed by atoms with Crippen molar-refractivity contribution in [2.75, 3.05) is 5.75 Å². The molecule has 0 unspecified atom stereocenters. The van der Waals surface area contributed by atoms with Crippen molar-refractivity contribution < 1.29 is 15.0 Å². The lowest BCUT2D eigenvalue weighted by molar-refractivity contribution is -0.133. The van der Waals surface area contributed by atoms with Crippen molar-refractivity contribution in [1.82, 2.24) is 14.8 Å². The molecule has 3 rings (SSSR count). The first-order valence-electron chi connectivity index (χ1n) is 6.80. The molecule has 2 N–H and O–H groups in total. The molecule has 0 bridgehead atoms. The second kappa shape index (κ2) is 6.53. The number of benzene rings is 2. The molecule has 3 aromatic rings. The zero-order valence-electron chi connectivity index (χ0n) is 12.0. The molecular weight excluding hydrogens is 314 g/mol. The maximum absolute atomic E-state index is 10.8. The largest absolute Gasteiger partial charge is 0.507 e. The highest BCUT2D eigenvalue weighted by molar-refractivity contribution is 7.99. The number of para-hydroxylation sites is 2. The van der Waals surface area contributed by atoms with Crippen LogP contribution in [0.5, 0.6) is 5.75 Å². The summed E-state index contributed by atoms with van der Waals surface area (Å²) in [6.07, 6.45) is 0. The monoisotopic (exact) mass is 327 g/mol. The molecule has 116 valence electrons. The van der Waals surface area contributed by atoms with E-state index in [2.05, 4.69) is 10.2 Å². The minimum Gasteiger partial charge on any atom is -0.507 e. The summed E-state index contributed by atoms with van der Waals surface area (Å²) in [7, 11) is 0. The van der Waals surface area contributed by atoms with Crippen molar-refractivity contribution in [3.63, 3.8) is 0 Å². The van der Waals surface area contributed by atoms with Crippen molar-refractivity contribution in [1.29, 1.82) is 0 Å². The number of hydrogen-bond acceptors (Lipinski definition) is 5. The number of aliphatic carboxylic acids is 1. The van der Waals surface area contributed by atoms with Crippen molar-refractivity contribution in [3.8, 4) is 22.8 Å². The van der Waals surface area contributed by atoms with Gasteiger partial charge in [-0.2, -0.15) is 0 Å². The van der Waals surface area contributed by atoms with Crippen LogP contribution in [0.15, 0.2) is 59.8 Å². The summed E-state index contributed by atoms with van der Waals surface area (Å²) >= 11 is 1.08. The Hall–Kier alpha value is -2.80. The molecule has 0 aliphatic heterocycles. The number of carboxylic acid groups (broad SMARTS) is 1. The Labute approximate surface area is 136 Å². The van der Waals surface area contributed by atoms with Gasteiger partial charge in [-0.3, -0.25) is 9.36 Å². The number of phenolic OH excluding ortho intramolecular Hbond substituents is 1. The second-order valence-electron chi connectivity index (χ2n) is 4.68. The molecule has 7 heteroatoms. The number of nitrogens with zero attached hydrogens (tertiary/aromatic N) is 3. The number of phenols is 1. The maximum Gasteiger partial charge on any atom is 0.313 e. The average molecular weight is 327 g/mol. The number of rotatable bonds is 5. The third kappa shape index (κ3) is 3.19. The van der Waals surface area contributed by atoms with E-state index in [0.29, 0.717) is 16.5 Å². The highest BCUT2D eigenvalue weighted by Gasteiger charge is 2.18. The van der Waals surface area contributed by atoms with Crippen molar-refractivity contribution in [3.05, 3.63) is 54.6 Å². The van der Waals surface area contributed by atoms with Crippen LogP contribution in [0.4, 0.5) is 0 Å². The molecule has 2 aromatic carbocycles. The van der Waals surface area contributed by atoms with Crippen LogP contribution in [-0.2, 0) is 4.79 Å². The number of carboxylic acids is 1. The van der Waals surface area contributed by atoms with Crippen LogP contribution in [-0.4, -0.2) is 36.7 Å². The summed E-state index contributed by atoms with van der Waals surface area (Å²) in [5, 5.41) is 27.6. The second-order valence-corrected chi connectivity index (χ2v) is 5.62. The van der Waals surface area contributed by atoms with Gasteiger partial charge in [-0.1, -0.05) is 42.1 Å². The fourth-order valence-electron chi connectivity index (χ4n) is 2.14. The molecule has 0 aliphatic rings. The Kier molecular flexibility index (Phi) is 4.29. The molecular formula is C16H13N3O3S. The Morgan fingerprint density at radius 1 is 1.04 bits per heavy atom. The van der Waals surface area contributed by atoms with Gasteiger partial charge in [0.25, 0.3) is 0 Å². The Morgan fingerprint density at radius 3 is 2.43 bits per heavy atom. The fourth-order valence-corrected chi connectivity index (χ4v) is 2.81. The van der Waals surface area contributed by atoms with E-state index in [4.69, 9.17) is 5.11 Å². The van der Waals surface area contributed by atoms with Gasteiger partial charge >= 0.3 is 5.97 Å². The molecule has 1 aromatic heterocycles. The Balaban J connectivity index is 2.14. The molecule has 0 amide bonds. The predicted octanol–water partition coefficient (Wildman–Crippen LogP) is 2.82. The minimum absolute atomic E-state index is 0.0897. The third-order valence-electron chi connectivity index (χ3n) is 3.12. The summed E-state index contributed by atoms with van der Waals surface area (Å²) in [6.45, 7) is 0. The number of hydrogen-bond donors (Lipinski definition) is 2. The molecule has 1 heterocycles. The first-order valence-corrected chi connectivity index (χ1v) is 7.79. The van der Waals surface area contributed by atoms with Crippen LogP contribution in [0.3, 0.4) is 0 Å². The standard InChI is InChI=1S/C16H13N3O3S/c20-13-9-5-4-8-12(13)15-17-18-16(23-10-14(21)22)19(15)11-6-2-1-3-7-11/h1-9,20H,10H2,(H,21,22). The Bertz CT molecular complexity index is 834. The predicted molar refractivity (Wildman–Crippen MR) is 86.8 cm³/mol. The van der Waals surface area contributed by atoms with E-state index in [-0.39, 0.29) is 11.5 Å². The molecule has 0 saturated heterocycles. The Morgan fingerprint density at radius 2 is 1.74 bits per heavy atom. The van der Waals surface area contributed by atoms with Gasteiger partial charge in [0, 0.05) is 5.69 Å². The molecule has 0 radical (unpaired) electrons. The van der Waals surface area contributed by atoms with E-state index in [1.165, 1.54) is 0 Å². The summed E-state index contributed by atoms with van der Waals surface area (Å²) in [5.74, 6) is -0.498. The van der Waals surface area contributed by atoms with Gasteiger partial charge in [0.2, 0.25) is 0 Å². The lowest BCUT2D eigenvalue weighted by Crippen LogP contribution is -2.03. The van der Waals surface area contributed by atoms with Crippen molar-refractivity contribution in [2.24, 2.45) is 0 Å². The van der Waals surface area contributed by atoms with E-state index >= 15 is 0 Å². The number of aromatic nitrogens is 3. The highest BCUT2D eigenvalue weighted by Crippen LogP contribution is 2.32. The quantitative estimate of drug-likeness (QED) is 0.701. The van der Waals surface area contributed by atoms with Crippen LogP contribution < -0.4 is 0 Å². The summed E-state index contributed by atoms with van der Waals surface area (Å²) in [4.78, 5) is 10.8. The van der Waals surface area contributed by atoms with E-state index in [1.54, 1.807) is 28.8 Å². The van der Waals surface area contributed by atoms with Gasteiger partial charge in [-0.05, 0) is 24.3 Å². The van der Waals surface area contributed by atoms with Gasteiger partial charge in [0.05, 0.1) is 11.3 Å². The van der Waals surface area contributed by atoms with Gasteiger partial charge < -0.3 is 10.2 Å². The minimum atomic E-state index is -0.929. The summed E-state index contributed by atoms with van der Waals surface area (Å²) < 4.78 is 1.74. The van der Waals surface area contributed by atoms with Crippen LogP contribution in [0.2, 0.25) is 0 Å². The van der Waals surface area contributed by atoms with Gasteiger partial charge in [-0.25, -0.2) is 0 Å². The summed E-state index contributed by atoms with van der Waals surface area (Å²) in [5.41, 5.74) is 1.33. The number of thioether (sulfide) groups is 1. The molecule has 0 atom stereocenters. The van der Waals surface area contributed by atoms with Gasteiger partial charge in [0.15, 0.2) is 11.0 Å². The normalized spacial score (nSPS) is 10.6. The van der Waals surface area contributed by atoms with Crippen LogP contribution >= 0.6 is 11.8 Å². The molecule has 0 saturated carbocycles. The fraction of sp³-hybridized carbons (Fsp3) is 0.0625. The lowest BCUT2D eigenvalue weighted by atomic mass is 10.2. The SMILES string of the molecule is O=C(O)CSc1nnc(-c2ccccc2O)n1-c1ccccc1. The van der Waals surface area contributed by atoms with Crippen molar-refractivity contribution >= 4 is 17.7 Å². The van der Waals surface area contributed by atoms with Crippen LogP contribution in [0.1, 0.15) is 0 Å². The number of carbonyl (C=O) groups is 1. The highest BCUT2D eigenvalue weighted by atomic mass is 32.2. The topological polar surface area (TPSA) is 88.2 Å². The summed E-state index contributed by atoms with van der Waals surface area (Å²) in [6, 6.07) is 16.2. The van der Waals surface area contributed by atoms with E-state index in [9.17, 15) is 9.90 Å². The first-order chi connectivity index (χ1) is 11.2. The van der Waals surface area contributed by atoms with Crippen LogP contribution in [0.25, 0.3) is 17.1 Å². The van der Waals surface area contributed by atoms with Gasteiger partial charge in [-0.15, -0.1) is 10.2 Å². The molecule has 0 aliphatic carbocycles. The molecule has 6 nitrogen and oxygen atoms in total. The zero-order chi connectivity index (χ0) is 16.2. The average Bonchev–Trinajstić information content (AvgIpc) is 2.98. The molecule has 0 spiro atoms. The zero-order valence-corrected chi connectivity index (χ0v) is 12.8. The van der Waals surface area contributed by atoms with E-state index in [1.807, 2.05) is 30.3 Å². The third-order valence-corrected chi connectivity index (χ3v) is 4.03. The van der Waals surface area contributed by atoms with Gasteiger partial charge in [0.1, 0.15) is 5.75 Å². The van der Waals surface area contributed by atoms with Crippen LogP contribution in [0, 0.1) is 0 Å².